The molecule has 1 unspecified atom stereocenters. The fraction of sp³-hybridized carbons (Fsp3) is 0.529. The second kappa shape index (κ2) is 10.5. The summed E-state index contributed by atoms with van der Waals surface area (Å²) in [5.41, 5.74) is 6.08. The number of sulfonamides is 1. The Labute approximate surface area is 165 Å². The smallest absolute Gasteiger partial charge is 0.312 e. The zero-order valence-corrected chi connectivity index (χ0v) is 17.7. The molecule has 0 saturated heterocycles. The summed E-state index contributed by atoms with van der Waals surface area (Å²) in [5, 5.41) is 5.08. The molecule has 8 nitrogen and oxygen atoms in total. The third-order valence-electron chi connectivity index (χ3n) is 4.02. The number of anilines is 1. The second-order valence-corrected chi connectivity index (χ2v) is 8.79. The Hall–Kier alpha value is -1.78. The summed E-state index contributed by atoms with van der Waals surface area (Å²) in [5.74, 6) is 0.214. The molecule has 0 saturated carbocycles. The molecule has 152 valence electrons. The molecule has 0 fully saturated rings. The van der Waals surface area contributed by atoms with E-state index in [2.05, 4.69) is 10.6 Å². The minimum atomic E-state index is -3.65. The largest absolute Gasteiger partial charge is 0.352 e. The van der Waals surface area contributed by atoms with Gasteiger partial charge >= 0.3 is 6.03 Å². The Bertz CT molecular complexity index is 764. The number of primary amides is 1. The number of rotatable bonds is 10. The van der Waals surface area contributed by atoms with Gasteiger partial charge < -0.3 is 16.4 Å². The zero-order chi connectivity index (χ0) is 20.6. The molecule has 0 aromatic heterocycles. The molecule has 4 N–H and O–H groups in total. The standard InChI is InChI=1S/C17H28N4O4S2/c1-5-21(6-2)27(24,25)15-11-13(8-7-12(15)3)19-16(22)14(9-10-26-4)20-17(18)23/h7-8,11,14H,5-6,9-10H2,1-4H3,(H,19,22)(H3,18,20,23). The Morgan fingerprint density at radius 1 is 1.26 bits per heavy atom. The van der Waals surface area contributed by atoms with Gasteiger partial charge in [-0.2, -0.15) is 16.1 Å². The number of hydrogen-bond donors (Lipinski definition) is 3. The molecule has 0 aliphatic heterocycles. The van der Waals surface area contributed by atoms with E-state index >= 15 is 0 Å². The number of amides is 3. The first-order valence-corrected chi connectivity index (χ1v) is 11.5. The maximum Gasteiger partial charge on any atom is 0.312 e. The SMILES string of the molecule is CCN(CC)S(=O)(=O)c1cc(NC(=O)C(CCSC)NC(N)=O)ccc1C. The van der Waals surface area contributed by atoms with Gasteiger partial charge in [0.05, 0.1) is 4.90 Å². The summed E-state index contributed by atoms with van der Waals surface area (Å²) in [7, 11) is -3.65. The number of nitrogens with zero attached hydrogens (tertiary/aromatic N) is 1. The highest BCUT2D eigenvalue weighted by Gasteiger charge is 2.25. The van der Waals surface area contributed by atoms with Gasteiger partial charge in [-0.25, -0.2) is 13.2 Å². The molecule has 0 spiro atoms. The number of benzene rings is 1. The highest BCUT2D eigenvalue weighted by Crippen LogP contribution is 2.24. The number of nitrogens with one attached hydrogen (secondary N) is 2. The molecule has 0 heterocycles. The molecule has 0 bridgehead atoms. The second-order valence-electron chi connectivity index (χ2n) is 5.90. The Morgan fingerprint density at radius 2 is 1.89 bits per heavy atom. The molecule has 3 amide bonds. The first-order chi connectivity index (χ1) is 12.7. The molecule has 0 radical (unpaired) electrons. The minimum absolute atomic E-state index is 0.146. The predicted molar refractivity (Wildman–Crippen MR) is 109 cm³/mol. The summed E-state index contributed by atoms with van der Waals surface area (Å²) in [6.07, 6.45) is 2.30. The monoisotopic (exact) mass is 416 g/mol. The van der Waals surface area contributed by atoms with Crippen LogP contribution in [0.25, 0.3) is 0 Å². The molecule has 1 aromatic rings. The van der Waals surface area contributed by atoms with E-state index in [1.807, 2.05) is 6.26 Å². The molecule has 1 atom stereocenters. The van der Waals surface area contributed by atoms with Gasteiger partial charge in [0, 0.05) is 18.8 Å². The third-order valence-corrected chi connectivity index (χ3v) is 6.86. The average Bonchev–Trinajstić information content (AvgIpc) is 2.60. The first-order valence-electron chi connectivity index (χ1n) is 8.63. The van der Waals surface area contributed by atoms with E-state index in [-0.39, 0.29) is 4.90 Å². The summed E-state index contributed by atoms with van der Waals surface area (Å²) in [4.78, 5) is 23.8. The van der Waals surface area contributed by atoms with E-state index in [0.29, 0.717) is 36.5 Å². The quantitative estimate of drug-likeness (QED) is 0.536. The Balaban J connectivity index is 3.11. The summed E-state index contributed by atoms with van der Waals surface area (Å²) in [6.45, 7) is 5.96. The van der Waals surface area contributed by atoms with Crippen LogP contribution in [0.4, 0.5) is 10.5 Å². The molecular formula is C17H28N4O4S2. The molecule has 1 aromatic carbocycles. The number of urea groups is 1. The minimum Gasteiger partial charge on any atom is -0.352 e. The maximum atomic E-state index is 12.8. The van der Waals surface area contributed by atoms with E-state index in [1.165, 1.54) is 22.1 Å². The molecule has 27 heavy (non-hydrogen) atoms. The van der Waals surface area contributed by atoms with Crippen molar-refractivity contribution >= 4 is 39.4 Å². The third kappa shape index (κ3) is 6.40. The lowest BCUT2D eigenvalue weighted by atomic mass is 10.2. The van der Waals surface area contributed by atoms with Crippen molar-refractivity contribution in [2.45, 2.75) is 38.1 Å². The topological polar surface area (TPSA) is 122 Å². The van der Waals surface area contributed by atoms with Gasteiger partial charge in [-0.05, 0) is 43.0 Å². The molecular weight excluding hydrogens is 388 g/mol. The summed E-state index contributed by atoms with van der Waals surface area (Å²) < 4.78 is 27.0. The van der Waals surface area contributed by atoms with Crippen LogP contribution in [0.3, 0.4) is 0 Å². The van der Waals surface area contributed by atoms with Crippen LogP contribution in [-0.2, 0) is 14.8 Å². The number of carbonyl (C=O) groups excluding carboxylic acids is 2. The van der Waals surface area contributed by atoms with Crippen LogP contribution in [0.2, 0.25) is 0 Å². The van der Waals surface area contributed by atoms with E-state index in [0.717, 1.165) is 0 Å². The molecule has 10 heteroatoms. The molecule has 0 aliphatic carbocycles. The van der Waals surface area contributed by atoms with Gasteiger partial charge in [-0.15, -0.1) is 0 Å². The van der Waals surface area contributed by atoms with Crippen molar-refractivity contribution in [2.24, 2.45) is 5.73 Å². The molecule has 1 rings (SSSR count). The van der Waals surface area contributed by atoms with Gasteiger partial charge in [-0.3, -0.25) is 4.79 Å². The van der Waals surface area contributed by atoms with Crippen LogP contribution in [-0.4, -0.2) is 55.8 Å². The fourth-order valence-electron chi connectivity index (χ4n) is 2.56. The van der Waals surface area contributed by atoms with Crippen molar-refractivity contribution in [2.75, 3.05) is 30.4 Å². The van der Waals surface area contributed by atoms with Crippen LogP contribution in [0.15, 0.2) is 23.1 Å². The number of aryl methyl sites for hydroxylation is 1. The van der Waals surface area contributed by atoms with E-state index in [9.17, 15) is 18.0 Å². The summed E-state index contributed by atoms with van der Waals surface area (Å²) >= 11 is 1.54. The first kappa shape index (κ1) is 23.3. The summed E-state index contributed by atoms with van der Waals surface area (Å²) in [6, 6.07) is 3.13. The van der Waals surface area contributed by atoms with Crippen LogP contribution in [0.1, 0.15) is 25.8 Å². The van der Waals surface area contributed by atoms with E-state index in [4.69, 9.17) is 5.73 Å². The zero-order valence-electron chi connectivity index (χ0n) is 16.1. The Kier molecular flexibility index (Phi) is 9.07. The number of hydrogen-bond acceptors (Lipinski definition) is 5. The highest BCUT2D eigenvalue weighted by atomic mass is 32.2. The highest BCUT2D eigenvalue weighted by molar-refractivity contribution is 7.98. The van der Waals surface area contributed by atoms with E-state index < -0.39 is 28.0 Å². The lowest BCUT2D eigenvalue weighted by Crippen LogP contribution is -2.46. The van der Waals surface area contributed by atoms with Crippen molar-refractivity contribution in [1.29, 1.82) is 0 Å². The van der Waals surface area contributed by atoms with Crippen molar-refractivity contribution in [1.82, 2.24) is 9.62 Å². The van der Waals surface area contributed by atoms with Crippen LogP contribution in [0.5, 0.6) is 0 Å². The van der Waals surface area contributed by atoms with Crippen LogP contribution in [0, 0.1) is 6.92 Å². The van der Waals surface area contributed by atoms with Gasteiger partial charge in [0.1, 0.15) is 6.04 Å². The lowest BCUT2D eigenvalue weighted by molar-refractivity contribution is -0.117. The van der Waals surface area contributed by atoms with Gasteiger partial charge in [-0.1, -0.05) is 19.9 Å². The van der Waals surface area contributed by atoms with E-state index in [1.54, 1.807) is 32.9 Å². The van der Waals surface area contributed by atoms with Crippen molar-refractivity contribution in [3.63, 3.8) is 0 Å². The fourth-order valence-corrected chi connectivity index (χ4v) is 4.74. The number of nitrogens with two attached hydrogens (primary N) is 1. The maximum absolute atomic E-state index is 12.8. The van der Waals surface area contributed by atoms with Crippen molar-refractivity contribution in [3.05, 3.63) is 23.8 Å². The normalized spacial score (nSPS) is 12.6. The lowest BCUT2D eigenvalue weighted by Gasteiger charge is -2.21. The van der Waals surface area contributed by atoms with Gasteiger partial charge in [0.25, 0.3) is 0 Å². The number of thioether (sulfide) groups is 1. The number of carbonyl (C=O) groups is 2. The predicted octanol–water partition coefficient (Wildman–Crippen LogP) is 1.75. The van der Waals surface area contributed by atoms with Crippen LogP contribution < -0.4 is 16.4 Å². The van der Waals surface area contributed by atoms with Crippen molar-refractivity contribution < 1.29 is 18.0 Å². The van der Waals surface area contributed by atoms with Gasteiger partial charge in [0.15, 0.2) is 0 Å². The van der Waals surface area contributed by atoms with Crippen LogP contribution >= 0.6 is 11.8 Å². The van der Waals surface area contributed by atoms with Crippen molar-refractivity contribution in [3.8, 4) is 0 Å². The van der Waals surface area contributed by atoms with Gasteiger partial charge in [0.2, 0.25) is 15.9 Å². The molecule has 0 aliphatic rings. The average molecular weight is 417 g/mol. The Morgan fingerprint density at radius 3 is 2.41 bits per heavy atom.